The van der Waals surface area contributed by atoms with Gasteiger partial charge in [0.05, 0.1) is 6.04 Å². The summed E-state index contributed by atoms with van der Waals surface area (Å²) in [5.74, 6) is -0.186. The molecule has 4 rings (SSSR count). The summed E-state index contributed by atoms with van der Waals surface area (Å²) in [7, 11) is 5.34. The number of amides is 2. The number of fused-ring (bicyclic) bond motifs is 1. The van der Waals surface area contributed by atoms with Crippen molar-refractivity contribution in [1.29, 1.82) is 0 Å². The first kappa shape index (κ1) is 27.0. The van der Waals surface area contributed by atoms with E-state index in [9.17, 15) is 9.59 Å². The average Bonchev–Trinajstić information content (AvgIpc) is 2.97. The second-order valence-electron chi connectivity index (χ2n) is 9.71. The van der Waals surface area contributed by atoms with Crippen LogP contribution in [-0.2, 0) is 28.9 Å². The standard InChI is InChI=1S/C32H36N4O2/c1-33-29(22-25-16-17-26-13-7-8-14-27(26)21-25)31(37)36(3)30(23-24-11-5-4-6-12-24)32(38)35(2)20-18-28-15-9-10-19-34-28/h4-17,19,21,29-30,33H,18,20,22-23H2,1-3H3/t29?,30-/m1/s1. The molecule has 6 heteroatoms. The van der Waals surface area contributed by atoms with Crippen molar-refractivity contribution in [3.63, 3.8) is 0 Å². The molecule has 2 atom stereocenters. The van der Waals surface area contributed by atoms with Crippen molar-refractivity contribution < 1.29 is 9.59 Å². The maximum Gasteiger partial charge on any atom is 0.245 e. The molecule has 4 aromatic rings. The van der Waals surface area contributed by atoms with Crippen molar-refractivity contribution in [3.8, 4) is 0 Å². The molecule has 1 heterocycles. The molecule has 1 unspecified atom stereocenters. The Morgan fingerprint density at radius 2 is 1.50 bits per heavy atom. The van der Waals surface area contributed by atoms with Gasteiger partial charge in [0.15, 0.2) is 0 Å². The molecule has 0 aliphatic heterocycles. The van der Waals surface area contributed by atoms with Crippen LogP contribution >= 0.6 is 0 Å². The number of benzene rings is 3. The molecular formula is C32H36N4O2. The molecule has 0 saturated heterocycles. The average molecular weight is 509 g/mol. The lowest BCUT2D eigenvalue weighted by atomic mass is 9.99. The van der Waals surface area contributed by atoms with Gasteiger partial charge in [-0.15, -0.1) is 0 Å². The molecular weight excluding hydrogens is 472 g/mol. The van der Waals surface area contributed by atoms with E-state index in [2.05, 4.69) is 40.6 Å². The molecule has 0 fully saturated rings. The summed E-state index contributed by atoms with van der Waals surface area (Å²) in [6.45, 7) is 0.524. The first-order chi connectivity index (χ1) is 18.5. The zero-order valence-corrected chi connectivity index (χ0v) is 22.4. The SMILES string of the molecule is CNC(Cc1ccc2ccccc2c1)C(=O)N(C)[C@H](Cc1ccccc1)C(=O)N(C)CCc1ccccn1. The number of pyridine rings is 1. The van der Waals surface area contributed by atoms with Gasteiger partial charge in [-0.1, -0.05) is 78.9 Å². The molecule has 0 aliphatic rings. The summed E-state index contributed by atoms with van der Waals surface area (Å²) in [5, 5.41) is 5.50. The van der Waals surface area contributed by atoms with E-state index in [1.54, 1.807) is 37.1 Å². The monoisotopic (exact) mass is 508 g/mol. The molecule has 3 aromatic carbocycles. The van der Waals surface area contributed by atoms with Crippen LogP contribution in [0.15, 0.2) is 97.2 Å². The highest BCUT2D eigenvalue weighted by molar-refractivity contribution is 5.90. The van der Waals surface area contributed by atoms with Gasteiger partial charge in [0.2, 0.25) is 11.8 Å². The van der Waals surface area contributed by atoms with Gasteiger partial charge in [-0.05, 0) is 47.5 Å². The highest BCUT2D eigenvalue weighted by atomic mass is 16.2. The summed E-state index contributed by atoms with van der Waals surface area (Å²) in [6, 6.07) is 29.1. The van der Waals surface area contributed by atoms with Crippen molar-refractivity contribution in [2.45, 2.75) is 31.3 Å². The first-order valence-electron chi connectivity index (χ1n) is 13.1. The predicted molar refractivity (Wildman–Crippen MR) is 153 cm³/mol. The van der Waals surface area contributed by atoms with E-state index < -0.39 is 12.1 Å². The molecule has 196 valence electrons. The van der Waals surface area contributed by atoms with Gasteiger partial charge < -0.3 is 15.1 Å². The zero-order chi connectivity index (χ0) is 26.9. The number of carbonyl (C=O) groups is 2. The van der Waals surface area contributed by atoms with Crippen molar-refractivity contribution in [2.75, 3.05) is 27.7 Å². The minimum atomic E-state index is -0.619. The van der Waals surface area contributed by atoms with Gasteiger partial charge in [0, 0.05) is 45.4 Å². The predicted octanol–water partition coefficient (Wildman–Crippen LogP) is 4.14. The largest absolute Gasteiger partial charge is 0.344 e. The van der Waals surface area contributed by atoms with Crippen LogP contribution in [0.1, 0.15) is 16.8 Å². The second-order valence-corrected chi connectivity index (χ2v) is 9.71. The van der Waals surface area contributed by atoms with E-state index in [4.69, 9.17) is 0 Å². The molecule has 2 amide bonds. The zero-order valence-electron chi connectivity index (χ0n) is 22.4. The Labute approximate surface area is 225 Å². The van der Waals surface area contributed by atoms with Crippen molar-refractivity contribution >= 4 is 22.6 Å². The Bertz CT molecular complexity index is 1340. The Morgan fingerprint density at radius 1 is 0.789 bits per heavy atom. The highest BCUT2D eigenvalue weighted by Gasteiger charge is 2.32. The molecule has 0 radical (unpaired) electrons. The number of hydrogen-bond acceptors (Lipinski definition) is 4. The molecule has 1 aromatic heterocycles. The number of rotatable bonds is 11. The van der Waals surface area contributed by atoms with E-state index in [0.717, 1.165) is 22.2 Å². The van der Waals surface area contributed by atoms with Gasteiger partial charge in [-0.2, -0.15) is 0 Å². The van der Waals surface area contributed by atoms with E-state index in [0.29, 0.717) is 25.8 Å². The number of hydrogen-bond donors (Lipinski definition) is 1. The Balaban J connectivity index is 1.51. The molecule has 6 nitrogen and oxygen atoms in total. The maximum absolute atomic E-state index is 13.8. The molecule has 0 bridgehead atoms. The van der Waals surface area contributed by atoms with Crippen LogP contribution in [0.4, 0.5) is 0 Å². The third-order valence-corrected chi connectivity index (χ3v) is 7.08. The third-order valence-electron chi connectivity index (χ3n) is 7.08. The van der Waals surface area contributed by atoms with E-state index in [-0.39, 0.29) is 11.8 Å². The maximum atomic E-state index is 13.8. The van der Waals surface area contributed by atoms with Crippen LogP contribution in [0.5, 0.6) is 0 Å². The van der Waals surface area contributed by atoms with Crippen molar-refractivity contribution in [3.05, 3.63) is 114 Å². The van der Waals surface area contributed by atoms with Gasteiger partial charge >= 0.3 is 0 Å². The Kier molecular flexibility index (Phi) is 9.22. The second kappa shape index (κ2) is 13.0. The van der Waals surface area contributed by atoms with E-state index in [1.807, 2.05) is 60.7 Å². The third kappa shape index (κ3) is 6.84. The summed E-state index contributed by atoms with van der Waals surface area (Å²) in [6.07, 6.45) is 3.39. The molecule has 38 heavy (non-hydrogen) atoms. The van der Waals surface area contributed by atoms with Crippen LogP contribution in [0, 0.1) is 0 Å². The van der Waals surface area contributed by atoms with Gasteiger partial charge in [-0.25, -0.2) is 0 Å². The summed E-state index contributed by atoms with van der Waals surface area (Å²) in [4.78, 5) is 35.2. The van der Waals surface area contributed by atoms with E-state index >= 15 is 0 Å². The van der Waals surface area contributed by atoms with Gasteiger partial charge in [-0.3, -0.25) is 14.6 Å². The van der Waals surface area contributed by atoms with E-state index in [1.165, 1.54) is 5.39 Å². The van der Waals surface area contributed by atoms with Crippen LogP contribution in [0.2, 0.25) is 0 Å². The smallest absolute Gasteiger partial charge is 0.245 e. The topological polar surface area (TPSA) is 65.5 Å². The minimum Gasteiger partial charge on any atom is -0.344 e. The van der Waals surface area contributed by atoms with Crippen LogP contribution in [0.3, 0.4) is 0 Å². The normalized spacial score (nSPS) is 12.6. The lowest BCUT2D eigenvalue weighted by molar-refractivity contribution is -0.144. The van der Waals surface area contributed by atoms with Crippen molar-refractivity contribution in [2.24, 2.45) is 0 Å². The molecule has 0 aliphatic carbocycles. The minimum absolute atomic E-state index is 0.0822. The van der Waals surface area contributed by atoms with Crippen LogP contribution in [0.25, 0.3) is 10.8 Å². The lowest BCUT2D eigenvalue weighted by Crippen LogP contribution is -2.54. The Hall–Kier alpha value is -4.03. The number of carbonyl (C=O) groups excluding carboxylic acids is 2. The summed E-state index contributed by atoms with van der Waals surface area (Å²) >= 11 is 0. The van der Waals surface area contributed by atoms with Crippen LogP contribution < -0.4 is 5.32 Å². The van der Waals surface area contributed by atoms with Gasteiger partial charge in [0.25, 0.3) is 0 Å². The first-order valence-corrected chi connectivity index (χ1v) is 13.1. The number of nitrogens with zero attached hydrogens (tertiary/aromatic N) is 3. The highest BCUT2D eigenvalue weighted by Crippen LogP contribution is 2.18. The fraction of sp³-hybridized carbons (Fsp3) is 0.281. The fourth-order valence-electron chi connectivity index (χ4n) is 4.73. The number of aromatic nitrogens is 1. The summed E-state index contributed by atoms with van der Waals surface area (Å²) < 4.78 is 0. The summed E-state index contributed by atoms with van der Waals surface area (Å²) in [5.41, 5.74) is 3.02. The molecule has 1 N–H and O–H groups in total. The van der Waals surface area contributed by atoms with Gasteiger partial charge in [0.1, 0.15) is 6.04 Å². The Morgan fingerprint density at radius 3 is 2.21 bits per heavy atom. The number of nitrogens with one attached hydrogen (secondary N) is 1. The fourth-order valence-corrected chi connectivity index (χ4v) is 4.73. The lowest BCUT2D eigenvalue weighted by Gasteiger charge is -2.33. The van der Waals surface area contributed by atoms with Crippen molar-refractivity contribution in [1.82, 2.24) is 20.1 Å². The quantitative estimate of drug-likeness (QED) is 0.331. The van der Waals surface area contributed by atoms with Crippen LogP contribution in [-0.4, -0.2) is 66.4 Å². The number of likely N-dealkylation sites (N-methyl/N-ethyl adjacent to an activating group) is 3. The molecule has 0 saturated carbocycles. The molecule has 0 spiro atoms.